The second kappa shape index (κ2) is 20.7. The number of nitrogens with one attached hydrogen (secondary N) is 4. The fraction of sp³-hybridized carbons (Fsp3) is 0.457. The molecular formula is C35H45N7O11. The van der Waals surface area contributed by atoms with Crippen molar-refractivity contribution in [2.24, 2.45) is 11.7 Å². The number of likely N-dealkylation sites (tertiary alicyclic amines) is 1. The summed E-state index contributed by atoms with van der Waals surface area (Å²) in [6.45, 7) is 3.80. The molecule has 0 unspecified atom stereocenters. The second-order valence-electron chi connectivity index (χ2n) is 12.6. The number of amides is 7. The van der Waals surface area contributed by atoms with E-state index < -0.39 is 41.0 Å². The first kappa shape index (κ1) is 41.4. The van der Waals surface area contributed by atoms with Gasteiger partial charge >= 0.3 is 12.2 Å². The number of urea groups is 1. The number of carbonyl (C=O) groups excluding carboxylic acids is 7. The van der Waals surface area contributed by atoms with E-state index in [1.54, 1.807) is 38.1 Å². The summed E-state index contributed by atoms with van der Waals surface area (Å²) >= 11 is 0. The van der Waals surface area contributed by atoms with E-state index in [0.717, 1.165) is 0 Å². The van der Waals surface area contributed by atoms with E-state index in [2.05, 4.69) is 21.3 Å². The number of primary amides is 1. The predicted octanol–water partition coefficient (Wildman–Crippen LogP) is 3.03. The minimum Gasteiger partial charge on any atom is -0.429 e. The summed E-state index contributed by atoms with van der Waals surface area (Å²) in [6.07, 6.45) is 1.64. The van der Waals surface area contributed by atoms with E-state index in [-0.39, 0.29) is 73.9 Å². The number of benzene rings is 2. The standard InChI is InChI=1S/C35H45N7O11/c1-22(2)31(40-28(43)8-4-3-5-20-41-29(44)17-18-30(41)45)33(47)39-27(7-6-19-37-34(36)48)32(46)38-24-11-9-23(10-12-24)21-52-35(49)53-26-15-13-25(14-16-26)42(50)51/h9-16,22,27,31H,3-8,17-21H2,1-2H3,(H,38,46)(H,39,47)(H,40,43)(H3,36,37,48)/t27-,31-/m1/s1. The topological polar surface area (TPSA) is 258 Å². The van der Waals surface area contributed by atoms with Gasteiger partial charge in [0, 0.05) is 50.2 Å². The number of nitrogens with zero attached hydrogens (tertiary/aromatic N) is 2. The Labute approximate surface area is 305 Å². The highest BCUT2D eigenvalue weighted by Crippen LogP contribution is 2.19. The van der Waals surface area contributed by atoms with Gasteiger partial charge in [-0.05, 0) is 61.4 Å². The van der Waals surface area contributed by atoms with Crippen LogP contribution in [0.4, 0.5) is 21.0 Å². The van der Waals surface area contributed by atoms with Crippen molar-refractivity contribution >= 4 is 53.1 Å². The van der Waals surface area contributed by atoms with Crippen LogP contribution < -0.4 is 31.7 Å². The number of nitrogens with two attached hydrogens (primary N) is 1. The Morgan fingerprint density at radius 1 is 0.887 bits per heavy atom. The predicted molar refractivity (Wildman–Crippen MR) is 189 cm³/mol. The summed E-state index contributed by atoms with van der Waals surface area (Å²) < 4.78 is 10.1. The van der Waals surface area contributed by atoms with Crippen LogP contribution in [-0.4, -0.2) is 76.7 Å². The molecule has 7 amide bonds. The van der Waals surface area contributed by atoms with Crippen LogP contribution in [0.3, 0.4) is 0 Å². The molecule has 1 aliphatic heterocycles. The highest BCUT2D eigenvalue weighted by atomic mass is 16.7. The first-order valence-electron chi connectivity index (χ1n) is 17.2. The Morgan fingerprint density at radius 2 is 1.55 bits per heavy atom. The minimum absolute atomic E-state index is 0.0624. The van der Waals surface area contributed by atoms with Crippen molar-refractivity contribution in [3.05, 3.63) is 64.2 Å². The lowest BCUT2D eigenvalue weighted by molar-refractivity contribution is -0.384. The molecule has 3 rings (SSSR count). The maximum atomic E-state index is 13.4. The zero-order valence-corrected chi connectivity index (χ0v) is 29.6. The number of hydrogen-bond acceptors (Lipinski definition) is 11. The van der Waals surface area contributed by atoms with Gasteiger partial charge in [0.1, 0.15) is 24.4 Å². The third-order valence-electron chi connectivity index (χ3n) is 8.13. The van der Waals surface area contributed by atoms with E-state index >= 15 is 0 Å². The summed E-state index contributed by atoms with van der Waals surface area (Å²) in [5.74, 6) is -2.12. The monoisotopic (exact) mass is 739 g/mol. The summed E-state index contributed by atoms with van der Waals surface area (Å²) in [5, 5.41) is 21.4. The molecule has 0 aromatic heterocycles. The molecule has 1 fully saturated rings. The maximum Gasteiger partial charge on any atom is 0.514 e. The van der Waals surface area contributed by atoms with E-state index in [0.29, 0.717) is 43.5 Å². The van der Waals surface area contributed by atoms with Crippen molar-refractivity contribution < 1.29 is 48.0 Å². The number of carbonyl (C=O) groups is 7. The van der Waals surface area contributed by atoms with Crippen LogP contribution in [0.1, 0.15) is 70.8 Å². The van der Waals surface area contributed by atoms with Crippen molar-refractivity contribution in [1.29, 1.82) is 0 Å². The molecule has 0 saturated carbocycles. The van der Waals surface area contributed by atoms with Crippen LogP contribution in [0.15, 0.2) is 48.5 Å². The first-order chi connectivity index (χ1) is 25.2. The molecule has 2 atom stereocenters. The molecule has 0 spiro atoms. The van der Waals surface area contributed by atoms with Crippen molar-refractivity contribution in [2.45, 2.75) is 83.9 Å². The second-order valence-corrected chi connectivity index (χ2v) is 12.6. The van der Waals surface area contributed by atoms with Crippen LogP contribution in [0.25, 0.3) is 0 Å². The van der Waals surface area contributed by atoms with Gasteiger partial charge < -0.3 is 36.5 Å². The lowest BCUT2D eigenvalue weighted by Gasteiger charge is -2.25. The van der Waals surface area contributed by atoms with Gasteiger partial charge in [0.2, 0.25) is 29.5 Å². The Kier molecular flexibility index (Phi) is 16.1. The lowest BCUT2D eigenvalue weighted by atomic mass is 10.0. The number of ether oxygens (including phenoxy) is 2. The summed E-state index contributed by atoms with van der Waals surface area (Å²) in [5.41, 5.74) is 5.90. The Bertz CT molecular complexity index is 1620. The quantitative estimate of drug-likeness (QED) is 0.0329. The third kappa shape index (κ3) is 14.2. The average Bonchev–Trinajstić information content (AvgIpc) is 3.43. The van der Waals surface area contributed by atoms with Crippen LogP contribution in [-0.2, 0) is 35.3 Å². The molecule has 6 N–H and O–H groups in total. The molecule has 0 bridgehead atoms. The van der Waals surface area contributed by atoms with Gasteiger partial charge in [0.25, 0.3) is 5.69 Å². The van der Waals surface area contributed by atoms with Crippen LogP contribution in [0, 0.1) is 16.0 Å². The lowest BCUT2D eigenvalue weighted by Crippen LogP contribution is -2.54. The fourth-order valence-corrected chi connectivity index (χ4v) is 5.25. The molecule has 1 saturated heterocycles. The molecule has 18 heteroatoms. The molecule has 0 radical (unpaired) electrons. The van der Waals surface area contributed by atoms with E-state index in [4.69, 9.17) is 15.2 Å². The zero-order valence-electron chi connectivity index (χ0n) is 29.6. The fourth-order valence-electron chi connectivity index (χ4n) is 5.25. The van der Waals surface area contributed by atoms with Gasteiger partial charge in [-0.2, -0.15) is 0 Å². The van der Waals surface area contributed by atoms with Gasteiger partial charge in [-0.25, -0.2) is 9.59 Å². The molecule has 1 heterocycles. The Hall–Kier alpha value is -6.07. The number of nitro groups is 1. The molecule has 18 nitrogen and oxygen atoms in total. The molecule has 1 aliphatic rings. The molecule has 53 heavy (non-hydrogen) atoms. The van der Waals surface area contributed by atoms with Crippen molar-refractivity contribution in [3.63, 3.8) is 0 Å². The maximum absolute atomic E-state index is 13.4. The van der Waals surface area contributed by atoms with Gasteiger partial charge in [-0.15, -0.1) is 0 Å². The Morgan fingerprint density at radius 3 is 2.15 bits per heavy atom. The van der Waals surface area contributed by atoms with Crippen LogP contribution in [0.5, 0.6) is 5.75 Å². The van der Waals surface area contributed by atoms with Gasteiger partial charge in [0.05, 0.1) is 4.92 Å². The highest BCUT2D eigenvalue weighted by molar-refractivity contribution is 6.02. The van der Waals surface area contributed by atoms with Crippen LogP contribution in [0.2, 0.25) is 0 Å². The molecule has 2 aromatic carbocycles. The van der Waals surface area contributed by atoms with E-state index in [1.807, 2.05) is 0 Å². The minimum atomic E-state index is -1.05. The van der Waals surface area contributed by atoms with Crippen LogP contribution >= 0.6 is 0 Å². The highest BCUT2D eigenvalue weighted by Gasteiger charge is 2.30. The number of imide groups is 1. The smallest absolute Gasteiger partial charge is 0.429 e. The summed E-state index contributed by atoms with van der Waals surface area (Å²) in [6, 6.07) is 8.45. The van der Waals surface area contributed by atoms with Gasteiger partial charge in [0.15, 0.2) is 0 Å². The summed E-state index contributed by atoms with van der Waals surface area (Å²) in [4.78, 5) is 97.7. The molecule has 286 valence electrons. The largest absolute Gasteiger partial charge is 0.514 e. The van der Waals surface area contributed by atoms with Crippen molar-refractivity contribution in [1.82, 2.24) is 20.9 Å². The number of anilines is 1. The SMILES string of the molecule is CC(C)[C@@H](NC(=O)CCCCCN1C(=O)CCC1=O)C(=O)N[C@H](CCCNC(N)=O)C(=O)Nc1ccc(COC(=O)Oc2ccc([N+](=O)[O-])cc2)cc1. The average molecular weight is 740 g/mol. The summed E-state index contributed by atoms with van der Waals surface area (Å²) in [7, 11) is 0. The van der Waals surface area contributed by atoms with E-state index in [1.165, 1.54) is 29.2 Å². The van der Waals surface area contributed by atoms with Crippen molar-refractivity contribution in [2.75, 3.05) is 18.4 Å². The van der Waals surface area contributed by atoms with Gasteiger partial charge in [-0.3, -0.25) is 39.0 Å². The number of unbranched alkanes of at least 4 members (excludes halogenated alkanes) is 2. The molecular weight excluding hydrogens is 694 g/mol. The Balaban J connectivity index is 1.52. The molecule has 0 aliphatic carbocycles. The third-order valence-corrected chi connectivity index (χ3v) is 8.13. The number of rotatable bonds is 20. The van der Waals surface area contributed by atoms with E-state index in [9.17, 15) is 43.7 Å². The zero-order chi connectivity index (χ0) is 38.9. The number of nitro benzene ring substituents is 1. The molecule has 2 aromatic rings. The van der Waals surface area contributed by atoms with Crippen molar-refractivity contribution in [3.8, 4) is 5.75 Å². The first-order valence-corrected chi connectivity index (χ1v) is 17.2. The van der Waals surface area contributed by atoms with Gasteiger partial charge in [-0.1, -0.05) is 32.4 Å². The normalized spacial score (nSPS) is 13.5. The number of non-ortho nitro benzene ring substituents is 1. The number of hydrogen-bond donors (Lipinski definition) is 5.